The van der Waals surface area contributed by atoms with E-state index in [1.165, 1.54) is 88.2 Å². The predicted molar refractivity (Wildman–Crippen MR) is 69.5 cm³/mol. The molecule has 0 heterocycles. The normalized spacial score (nSPS) is 23.0. The van der Waals surface area contributed by atoms with E-state index < -0.39 is 0 Å². The Morgan fingerprint density at radius 3 is 1.19 bits per heavy atom. The highest BCUT2D eigenvalue weighted by Crippen LogP contribution is 2.23. The lowest BCUT2D eigenvalue weighted by Crippen LogP contribution is -1.92. The van der Waals surface area contributed by atoms with Crippen LogP contribution in [0.15, 0.2) is 22.6 Å². The summed E-state index contributed by atoms with van der Waals surface area (Å²) in [4.78, 5) is 0. The molecular weight excluding hydrogens is 192 g/mol. The van der Waals surface area contributed by atoms with Gasteiger partial charge in [-0.15, -0.1) is 0 Å². The maximum atomic E-state index is 3.49. The maximum absolute atomic E-state index is 3.49. The Bertz CT molecular complexity index is 291. The molecule has 16 heavy (non-hydrogen) atoms. The van der Waals surface area contributed by atoms with Crippen LogP contribution in [0.3, 0.4) is 0 Å². The van der Waals surface area contributed by atoms with E-state index in [-0.39, 0.29) is 0 Å². The first kappa shape index (κ1) is 11.8. The molecule has 0 aromatic carbocycles. The van der Waals surface area contributed by atoms with Gasteiger partial charge in [-0.1, -0.05) is 37.1 Å². The van der Waals surface area contributed by atoms with Crippen LogP contribution in [0.25, 0.3) is 0 Å². The second-order valence-corrected chi connectivity index (χ2v) is 5.29. The summed E-state index contributed by atoms with van der Waals surface area (Å²) in [7, 11) is 0. The van der Waals surface area contributed by atoms with Crippen molar-refractivity contribution in [2.45, 2.75) is 77.0 Å². The van der Waals surface area contributed by atoms with Crippen molar-refractivity contribution < 1.29 is 0 Å². The lowest BCUT2D eigenvalue weighted by atomic mass is 9.94. The number of allylic oxidation sites excluding steroid dienone is 2. The number of hydrogen-bond acceptors (Lipinski definition) is 0. The largest absolute Gasteiger partial charge is 0.0712 e. The van der Waals surface area contributed by atoms with Crippen LogP contribution in [0.1, 0.15) is 77.0 Å². The van der Waals surface area contributed by atoms with Crippen LogP contribution in [0.4, 0.5) is 0 Å². The van der Waals surface area contributed by atoms with Crippen molar-refractivity contribution in [3.63, 3.8) is 0 Å². The molecule has 2 saturated carbocycles. The van der Waals surface area contributed by atoms with Crippen LogP contribution in [-0.4, -0.2) is 0 Å². The minimum absolute atomic E-state index is 1.28. The van der Waals surface area contributed by atoms with Gasteiger partial charge in [0.25, 0.3) is 0 Å². The molecule has 0 amide bonds. The summed E-state index contributed by atoms with van der Waals surface area (Å²) in [6.07, 6.45) is 16.3. The molecule has 0 aromatic heterocycles. The quantitative estimate of drug-likeness (QED) is 0.482. The minimum Gasteiger partial charge on any atom is -0.0712 e. The smallest absolute Gasteiger partial charge is 0.0199 e. The van der Waals surface area contributed by atoms with E-state index in [4.69, 9.17) is 0 Å². The van der Waals surface area contributed by atoms with Crippen LogP contribution in [0.5, 0.6) is 0 Å². The van der Waals surface area contributed by atoms with Crippen molar-refractivity contribution in [3.05, 3.63) is 22.6 Å². The average Bonchev–Trinajstić information content (AvgIpc) is 2.29. The third kappa shape index (κ3) is 4.05. The highest BCUT2D eigenvalue weighted by Gasteiger charge is 2.04. The van der Waals surface area contributed by atoms with Crippen molar-refractivity contribution in [3.8, 4) is 0 Å². The summed E-state index contributed by atoms with van der Waals surface area (Å²) in [5.74, 6) is 0. The van der Waals surface area contributed by atoms with Gasteiger partial charge in [-0.2, -0.15) is 0 Å². The van der Waals surface area contributed by atoms with Gasteiger partial charge in [-0.25, -0.2) is 0 Å². The van der Waals surface area contributed by atoms with E-state index in [0.717, 1.165) is 0 Å². The van der Waals surface area contributed by atoms with Crippen molar-refractivity contribution in [2.24, 2.45) is 0 Å². The molecule has 2 rings (SSSR count). The molecule has 0 N–H and O–H groups in total. The predicted octanol–water partition coefficient (Wildman–Crippen LogP) is 5.30. The van der Waals surface area contributed by atoms with Crippen LogP contribution < -0.4 is 0 Å². The zero-order chi connectivity index (χ0) is 11.1. The third-order valence-electron chi connectivity index (χ3n) is 3.83. The van der Waals surface area contributed by atoms with E-state index in [1.54, 1.807) is 0 Å². The molecule has 0 spiro atoms. The van der Waals surface area contributed by atoms with Crippen molar-refractivity contribution in [2.75, 3.05) is 0 Å². The second kappa shape index (κ2) is 6.79. The van der Waals surface area contributed by atoms with E-state index in [1.807, 2.05) is 0 Å². The molecule has 0 saturated heterocycles. The molecule has 0 atom stereocenters. The Morgan fingerprint density at radius 1 is 0.438 bits per heavy atom. The first-order valence-corrected chi connectivity index (χ1v) is 7.16. The molecular formula is C16H24. The Kier molecular flexibility index (Phi) is 5.00. The summed E-state index contributed by atoms with van der Waals surface area (Å²) < 4.78 is 0. The van der Waals surface area contributed by atoms with Gasteiger partial charge >= 0.3 is 0 Å². The molecule has 0 bridgehead atoms. The number of rotatable bonds is 0. The maximum Gasteiger partial charge on any atom is -0.0199 e. The summed E-state index contributed by atoms with van der Waals surface area (Å²) >= 11 is 0. The van der Waals surface area contributed by atoms with Crippen LogP contribution >= 0.6 is 0 Å². The minimum atomic E-state index is 1.28. The zero-order valence-corrected chi connectivity index (χ0v) is 10.5. The first-order valence-electron chi connectivity index (χ1n) is 7.16. The van der Waals surface area contributed by atoms with E-state index in [9.17, 15) is 0 Å². The summed E-state index contributed by atoms with van der Waals surface area (Å²) in [6, 6.07) is 0. The van der Waals surface area contributed by atoms with Crippen molar-refractivity contribution in [1.29, 1.82) is 0 Å². The zero-order valence-electron chi connectivity index (χ0n) is 10.5. The van der Waals surface area contributed by atoms with Gasteiger partial charge in [0.15, 0.2) is 0 Å². The van der Waals surface area contributed by atoms with Gasteiger partial charge in [0, 0.05) is 0 Å². The Balaban J connectivity index is 2.03. The summed E-state index contributed by atoms with van der Waals surface area (Å²) in [6.45, 7) is 0. The first-order chi connectivity index (χ1) is 7.95. The molecule has 2 aliphatic rings. The lowest BCUT2D eigenvalue weighted by Gasteiger charge is -2.10. The van der Waals surface area contributed by atoms with Gasteiger partial charge in [0.2, 0.25) is 0 Å². The molecule has 2 aliphatic carbocycles. The van der Waals surface area contributed by atoms with Gasteiger partial charge in [0.1, 0.15) is 0 Å². The molecule has 0 aliphatic heterocycles. The van der Waals surface area contributed by atoms with Crippen LogP contribution in [0, 0.1) is 0 Å². The molecule has 0 unspecified atom stereocenters. The van der Waals surface area contributed by atoms with Crippen molar-refractivity contribution in [1.82, 2.24) is 0 Å². The second-order valence-electron chi connectivity index (χ2n) is 5.29. The average molecular weight is 216 g/mol. The molecule has 0 aromatic rings. The van der Waals surface area contributed by atoms with Gasteiger partial charge in [-0.05, 0) is 62.5 Å². The van der Waals surface area contributed by atoms with Crippen LogP contribution in [-0.2, 0) is 0 Å². The summed E-state index contributed by atoms with van der Waals surface area (Å²) in [5.41, 5.74) is 10.0. The molecule has 0 heteroatoms. The SMILES string of the molecule is C(=C=C1CCCCC1)=C1CCCCCCC1. The highest BCUT2D eigenvalue weighted by molar-refractivity contribution is 5.08. The Hall–Kier alpha value is -0.700. The van der Waals surface area contributed by atoms with Gasteiger partial charge in [-0.3, -0.25) is 0 Å². The lowest BCUT2D eigenvalue weighted by molar-refractivity contribution is 0.569. The fraction of sp³-hybridized carbons (Fsp3) is 0.750. The van der Waals surface area contributed by atoms with Crippen molar-refractivity contribution >= 4 is 0 Å². The van der Waals surface area contributed by atoms with Crippen LogP contribution in [0.2, 0.25) is 0 Å². The molecule has 88 valence electrons. The fourth-order valence-electron chi connectivity index (χ4n) is 2.74. The fourth-order valence-corrected chi connectivity index (χ4v) is 2.74. The molecule has 0 radical (unpaired) electrons. The summed E-state index contributed by atoms with van der Waals surface area (Å²) in [5, 5.41) is 0. The Labute approximate surface area is 100 Å². The monoisotopic (exact) mass is 216 g/mol. The molecule has 0 nitrogen and oxygen atoms in total. The van der Waals surface area contributed by atoms with Gasteiger partial charge in [0.05, 0.1) is 0 Å². The third-order valence-corrected chi connectivity index (χ3v) is 3.83. The molecule has 2 fully saturated rings. The topological polar surface area (TPSA) is 0 Å². The van der Waals surface area contributed by atoms with E-state index in [0.29, 0.717) is 0 Å². The Morgan fingerprint density at radius 2 is 0.750 bits per heavy atom. The standard InChI is InChI=1S/C16H24/c1-2-5-9-15(10-6-3-1)13-14-16-11-7-4-8-12-16/h1-12H2. The van der Waals surface area contributed by atoms with E-state index in [2.05, 4.69) is 11.5 Å². The highest BCUT2D eigenvalue weighted by atomic mass is 14.1. The number of hydrogen-bond donors (Lipinski definition) is 0. The van der Waals surface area contributed by atoms with Gasteiger partial charge < -0.3 is 0 Å². The van der Waals surface area contributed by atoms with E-state index >= 15 is 0 Å².